The van der Waals surface area contributed by atoms with E-state index in [0.717, 1.165) is 31.5 Å². The van der Waals surface area contributed by atoms with Crippen molar-refractivity contribution in [1.29, 1.82) is 0 Å². The maximum atomic E-state index is 13.8. The zero-order valence-electron chi connectivity index (χ0n) is 20.5. The van der Waals surface area contributed by atoms with Gasteiger partial charge in [0.05, 0.1) is 10.6 Å². The molecule has 7 nitrogen and oxygen atoms in total. The number of piperidine rings is 1. The quantitative estimate of drug-likeness (QED) is 0.583. The molecule has 2 aliphatic heterocycles. The number of hydrogen-bond donors (Lipinski definition) is 2. The second kappa shape index (κ2) is 10.0. The van der Waals surface area contributed by atoms with Crippen LogP contribution >= 0.6 is 11.6 Å². The number of rotatable bonds is 7. The van der Waals surface area contributed by atoms with E-state index in [4.69, 9.17) is 16.3 Å². The number of nitrogens with one attached hydrogen (secondary N) is 2. The first-order valence-corrected chi connectivity index (χ1v) is 12.4. The number of carbonyl (C=O) groups excluding carboxylic acids is 2. The molecule has 2 amide bonds. The third kappa shape index (κ3) is 5.69. The van der Waals surface area contributed by atoms with Crippen molar-refractivity contribution < 1.29 is 18.7 Å². The third-order valence-electron chi connectivity index (χ3n) is 6.57. The van der Waals surface area contributed by atoms with Crippen LogP contribution in [-0.4, -0.2) is 46.6 Å². The number of amides is 2. The smallest absolute Gasteiger partial charge is 0.263 e. The Labute approximate surface area is 210 Å². The van der Waals surface area contributed by atoms with E-state index in [2.05, 4.69) is 20.5 Å². The maximum Gasteiger partial charge on any atom is 0.263 e. The fourth-order valence-corrected chi connectivity index (χ4v) is 5.05. The Bertz CT molecular complexity index is 1080. The SMILES string of the molecule is CC(C)NC(=O)c1ccc(N2[C@@H]3CC[C@H]2C[C@@H](NC(=O)C(C)(C)Oc2ccc(Cl)c(F)c2)C3)nc1. The molecule has 0 saturated carbocycles. The molecule has 0 aliphatic carbocycles. The van der Waals surface area contributed by atoms with Crippen LogP contribution in [0.3, 0.4) is 0 Å². The number of halogens is 2. The van der Waals surface area contributed by atoms with Gasteiger partial charge >= 0.3 is 0 Å². The Morgan fingerprint density at radius 2 is 1.86 bits per heavy atom. The first kappa shape index (κ1) is 25.2. The molecule has 0 radical (unpaired) electrons. The molecule has 188 valence electrons. The minimum Gasteiger partial charge on any atom is -0.478 e. The minimum atomic E-state index is -1.18. The average molecular weight is 503 g/mol. The van der Waals surface area contributed by atoms with Crippen molar-refractivity contribution in [2.45, 2.75) is 83.1 Å². The van der Waals surface area contributed by atoms with Gasteiger partial charge in [0, 0.05) is 36.4 Å². The van der Waals surface area contributed by atoms with Crippen LogP contribution in [0.5, 0.6) is 5.75 Å². The molecular formula is C26H32ClFN4O3. The van der Waals surface area contributed by atoms with Crippen molar-refractivity contribution >= 4 is 29.2 Å². The van der Waals surface area contributed by atoms with Gasteiger partial charge in [-0.1, -0.05) is 11.6 Å². The molecule has 35 heavy (non-hydrogen) atoms. The van der Waals surface area contributed by atoms with E-state index in [0.29, 0.717) is 5.56 Å². The van der Waals surface area contributed by atoms with Crippen molar-refractivity contribution in [1.82, 2.24) is 15.6 Å². The molecule has 2 bridgehead atoms. The monoisotopic (exact) mass is 502 g/mol. The van der Waals surface area contributed by atoms with Crippen molar-refractivity contribution in [2.75, 3.05) is 4.90 Å². The standard InChI is InChI=1S/C26H32ClFN4O3/c1-15(2)30-24(33)16-5-10-23(29-14-16)32-18-6-7-19(32)12-17(11-18)31-25(34)26(3,4)35-20-8-9-21(27)22(28)13-20/h5,8-10,13-15,17-19H,6-7,11-12H2,1-4H3,(H,30,33)(H,31,34)/t17-,18+,19-. The van der Waals surface area contributed by atoms with Gasteiger partial charge in [0.25, 0.3) is 11.8 Å². The summed E-state index contributed by atoms with van der Waals surface area (Å²) in [5, 5.41) is 6.02. The van der Waals surface area contributed by atoms with Gasteiger partial charge in [0.15, 0.2) is 5.60 Å². The molecule has 2 aliphatic rings. The van der Waals surface area contributed by atoms with Gasteiger partial charge < -0.3 is 20.3 Å². The zero-order valence-corrected chi connectivity index (χ0v) is 21.2. The van der Waals surface area contributed by atoms with Crippen LogP contribution in [0.15, 0.2) is 36.5 Å². The van der Waals surface area contributed by atoms with Gasteiger partial charge in [-0.25, -0.2) is 9.37 Å². The molecule has 3 heterocycles. The molecule has 1 aromatic carbocycles. The van der Waals surface area contributed by atoms with Crippen LogP contribution < -0.4 is 20.3 Å². The van der Waals surface area contributed by atoms with Crippen LogP contribution in [0.1, 0.15) is 63.7 Å². The molecule has 2 N–H and O–H groups in total. The number of benzene rings is 1. The highest BCUT2D eigenvalue weighted by Gasteiger charge is 2.43. The summed E-state index contributed by atoms with van der Waals surface area (Å²) in [5.41, 5.74) is -0.635. The summed E-state index contributed by atoms with van der Waals surface area (Å²) in [6.45, 7) is 7.18. The summed E-state index contributed by atoms with van der Waals surface area (Å²) >= 11 is 5.74. The van der Waals surface area contributed by atoms with Crippen LogP contribution in [0.2, 0.25) is 5.02 Å². The van der Waals surface area contributed by atoms with Crippen molar-refractivity contribution in [3.8, 4) is 5.75 Å². The first-order valence-electron chi connectivity index (χ1n) is 12.0. The Morgan fingerprint density at radius 1 is 1.17 bits per heavy atom. The van der Waals surface area contributed by atoms with Crippen LogP contribution in [0, 0.1) is 5.82 Å². The van der Waals surface area contributed by atoms with Gasteiger partial charge in [-0.15, -0.1) is 0 Å². The minimum absolute atomic E-state index is 0.00444. The van der Waals surface area contributed by atoms with Gasteiger partial charge in [-0.2, -0.15) is 0 Å². The largest absolute Gasteiger partial charge is 0.478 e. The number of hydrogen-bond acceptors (Lipinski definition) is 5. The lowest BCUT2D eigenvalue weighted by molar-refractivity contribution is -0.135. The predicted octanol–water partition coefficient (Wildman–Crippen LogP) is 4.49. The number of nitrogens with zero attached hydrogens (tertiary/aromatic N) is 2. The summed E-state index contributed by atoms with van der Waals surface area (Å²) in [4.78, 5) is 32.1. The predicted molar refractivity (Wildman–Crippen MR) is 133 cm³/mol. The van der Waals surface area contributed by atoms with Gasteiger partial charge in [0.2, 0.25) is 0 Å². The highest BCUT2D eigenvalue weighted by Crippen LogP contribution is 2.38. The molecule has 2 aromatic rings. The lowest BCUT2D eigenvalue weighted by Gasteiger charge is -2.40. The fraction of sp³-hybridized carbons (Fsp3) is 0.500. The summed E-state index contributed by atoms with van der Waals surface area (Å²) < 4.78 is 19.6. The lowest BCUT2D eigenvalue weighted by atomic mass is 9.96. The van der Waals surface area contributed by atoms with Crippen molar-refractivity contribution in [3.05, 3.63) is 52.9 Å². The molecule has 2 fully saturated rings. The van der Waals surface area contributed by atoms with Gasteiger partial charge in [0.1, 0.15) is 17.4 Å². The molecule has 0 unspecified atom stereocenters. The number of pyridine rings is 1. The summed E-state index contributed by atoms with van der Waals surface area (Å²) in [6.07, 6.45) is 5.27. The molecule has 3 atom stereocenters. The molecule has 0 spiro atoms. The van der Waals surface area contributed by atoms with E-state index >= 15 is 0 Å². The summed E-state index contributed by atoms with van der Waals surface area (Å²) in [7, 11) is 0. The number of aromatic nitrogens is 1. The normalized spacial score (nSPS) is 21.7. The maximum absolute atomic E-state index is 13.8. The molecule has 4 rings (SSSR count). The third-order valence-corrected chi connectivity index (χ3v) is 6.88. The summed E-state index contributed by atoms with van der Waals surface area (Å²) in [5.74, 6) is 0.140. The van der Waals surface area contributed by atoms with E-state index in [-0.39, 0.29) is 46.8 Å². The highest BCUT2D eigenvalue weighted by molar-refractivity contribution is 6.30. The van der Waals surface area contributed by atoms with E-state index in [1.54, 1.807) is 26.1 Å². The fourth-order valence-electron chi connectivity index (χ4n) is 4.93. The van der Waals surface area contributed by atoms with E-state index in [9.17, 15) is 14.0 Å². The number of ether oxygens (including phenoxy) is 1. The van der Waals surface area contributed by atoms with E-state index in [1.807, 2.05) is 26.0 Å². The molecule has 1 aromatic heterocycles. The highest BCUT2D eigenvalue weighted by atomic mass is 35.5. The Hall–Kier alpha value is -2.87. The first-order chi connectivity index (χ1) is 16.5. The second-order valence-corrected chi connectivity index (χ2v) is 10.6. The van der Waals surface area contributed by atoms with E-state index in [1.165, 1.54) is 12.1 Å². The van der Waals surface area contributed by atoms with Crippen molar-refractivity contribution in [3.63, 3.8) is 0 Å². The van der Waals surface area contributed by atoms with Crippen LogP contribution in [-0.2, 0) is 4.79 Å². The van der Waals surface area contributed by atoms with Crippen LogP contribution in [0.25, 0.3) is 0 Å². The second-order valence-electron chi connectivity index (χ2n) is 10.2. The number of anilines is 1. The Balaban J connectivity index is 1.37. The lowest BCUT2D eigenvalue weighted by Crippen LogP contribution is -2.55. The van der Waals surface area contributed by atoms with Crippen molar-refractivity contribution in [2.24, 2.45) is 0 Å². The Morgan fingerprint density at radius 3 is 2.43 bits per heavy atom. The molecule has 2 saturated heterocycles. The number of carbonyl (C=O) groups is 2. The van der Waals surface area contributed by atoms with Gasteiger partial charge in [-0.05, 0) is 77.6 Å². The Kier molecular flexibility index (Phi) is 7.22. The topological polar surface area (TPSA) is 83.6 Å². The van der Waals surface area contributed by atoms with E-state index < -0.39 is 11.4 Å². The van der Waals surface area contributed by atoms with Gasteiger partial charge in [-0.3, -0.25) is 9.59 Å². The zero-order chi connectivity index (χ0) is 25.3. The van der Waals surface area contributed by atoms with Crippen LogP contribution in [0.4, 0.5) is 10.2 Å². The average Bonchev–Trinajstić information content (AvgIpc) is 3.06. The molecular weight excluding hydrogens is 471 g/mol. The summed E-state index contributed by atoms with van der Waals surface area (Å²) in [6, 6.07) is 8.45. The molecule has 9 heteroatoms. The number of fused-ring (bicyclic) bond motifs is 2.